The minimum Gasteiger partial charge on any atom is -0.456 e. The molecule has 88 valence electrons. The number of hydrogen-bond donors (Lipinski definition) is 0. The molecule has 3 aromatic rings. The summed E-state index contributed by atoms with van der Waals surface area (Å²) in [6.45, 7) is 0. The third kappa shape index (κ3) is 2.15. The fourth-order valence-corrected chi connectivity index (χ4v) is 2.01. The smallest absolute Gasteiger partial charge is 0.146 e. The number of nitrogens with zero attached hydrogens (tertiary/aromatic N) is 1. The molecule has 0 spiro atoms. The lowest BCUT2D eigenvalue weighted by Gasteiger charge is -2.06. The number of aromatic nitrogens is 1. The molecule has 0 saturated heterocycles. The molecule has 0 aliphatic heterocycles. The van der Waals surface area contributed by atoms with E-state index in [9.17, 15) is 0 Å². The maximum Gasteiger partial charge on any atom is 0.146 e. The van der Waals surface area contributed by atoms with Crippen molar-refractivity contribution in [3.05, 3.63) is 65.8 Å². The summed E-state index contributed by atoms with van der Waals surface area (Å²) >= 11 is 6.07. The molecule has 3 rings (SSSR count). The summed E-state index contributed by atoms with van der Waals surface area (Å²) in [6.07, 6.45) is 1.68. The third-order valence-electron chi connectivity index (χ3n) is 2.62. The molecular formula is C15H10ClNO. The van der Waals surface area contributed by atoms with Crippen molar-refractivity contribution >= 4 is 22.5 Å². The van der Waals surface area contributed by atoms with E-state index in [4.69, 9.17) is 16.3 Å². The van der Waals surface area contributed by atoms with E-state index in [0.29, 0.717) is 10.8 Å². The molecule has 2 aromatic carbocycles. The van der Waals surface area contributed by atoms with E-state index in [2.05, 4.69) is 4.98 Å². The van der Waals surface area contributed by atoms with Crippen LogP contribution in [0.2, 0.25) is 5.02 Å². The van der Waals surface area contributed by atoms with Crippen molar-refractivity contribution in [2.24, 2.45) is 0 Å². The van der Waals surface area contributed by atoms with E-state index >= 15 is 0 Å². The SMILES string of the molecule is Clc1cccc2cc(Oc3ccccc3)cnc12. The number of benzene rings is 2. The zero-order valence-corrected chi connectivity index (χ0v) is 10.3. The Morgan fingerprint density at radius 2 is 1.72 bits per heavy atom. The lowest BCUT2D eigenvalue weighted by molar-refractivity contribution is 0.481. The molecule has 0 bridgehead atoms. The van der Waals surface area contributed by atoms with Gasteiger partial charge in [-0.15, -0.1) is 0 Å². The normalized spacial score (nSPS) is 10.5. The standard InChI is InChI=1S/C15H10ClNO/c16-14-8-4-5-11-9-13(10-17-15(11)14)18-12-6-2-1-3-7-12/h1-10H. The van der Waals surface area contributed by atoms with Crippen LogP contribution in [0.1, 0.15) is 0 Å². The van der Waals surface area contributed by atoms with Crippen molar-refractivity contribution in [1.82, 2.24) is 4.98 Å². The highest BCUT2D eigenvalue weighted by molar-refractivity contribution is 6.35. The third-order valence-corrected chi connectivity index (χ3v) is 2.92. The van der Waals surface area contributed by atoms with Crippen molar-refractivity contribution in [1.29, 1.82) is 0 Å². The van der Waals surface area contributed by atoms with Gasteiger partial charge in [0.05, 0.1) is 16.7 Å². The van der Waals surface area contributed by atoms with Crippen LogP contribution in [0.3, 0.4) is 0 Å². The first-order valence-electron chi connectivity index (χ1n) is 5.60. The Kier molecular flexibility index (Phi) is 2.87. The molecule has 0 N–H and O–H groups in total. The fourth-order valence-electron chi connectivity index (χ4n) is 1.78. The molecule has 0 unspecified atom stereocenters. The number of para-hydroxylation sites is 2. The van der Waals surface area contributed by atoms with Crippen molar-refractivity contribution < 1.29 is 4.74 Å². The first-order chi connectivity index (χ1) is 8.83. The fraction of sp³-hybridized carbons (Fsp3) is 0. The van der Waals surface area contributed by atoms with E-state index in [1.54, 1.807) is 6.20 Å². The summed E-state index contributed by atoms with van der Waals surface area (Å²) in [4.78, 5) is 4.32. The first kappa shape index (κ1) is 11.1. The molecule has 0 atom stereocenters. The van der Waals surface area contributed by atoms with Gasteiger partial charge in [0.2, 0.25) is 0 Å². The molecule has 0 aliphatic carbocycles. The monoisotopic (exact) mass is 255 g/mol. The second-order valence-electron chi connectivity index (χ2n) is 3.90. The molecule has 3 heteroatoms. The summed E-state index contributed by atoms with van der Waals surface area (Å²) in [5.41, 5.74) is 0.791. The van der Waals surface area contributed by atoms with Gasteiger partial charge < -0.3 is 4.74 Å². The Balaban J connectivity index is 1.99. The Hall–Kier alpha value is -2.06. The van der Waals surface area contributed by atoms with E-state index in [0.717, 1.165) is 16.7 Å². The summed E-state index contributed by atoms with van der Waals surface area (Å²) in [6, 6.07) is 17.2. The topological polar surface area (TPSA) is 22.1 Å². The highest BCUT2D eigenvalue weighted by Gasteiger charge is 2.02. The molecule has 0 fully saturated rings. The molecule has 0 amide bonds. The second kappa shape index (κ2) is 4.67. The predicted molar refractivity (Wildman–Crippen MR) is 73.3 cm³/mol. The summed E-state index contributed by atoms with van der Waals surface area (Å²) < 4.78 is 5.72. The summed E-state index contributed by atoms with van der Waals surface area (Å²) in [5.74, 6) is 1.50. The van der Waals surface area contributed by atoms with Gasteiger partial charge in [-0.05, 0) is 24.3 Å². The van der Waals surface area contributed by atoms with Crippen molar-refractivity contribution in [2.45, 2.75) is 0 Å². The molecule has 1 heterocycles. The quantitative estimate of drug-likeness (QED) is 0.663. The Morgan fingerprint density at radius 3 is 2.56 bits per heavy atom. The van der Waals surface area contributed by atoms with Gasteiger partial charge in [-0.1, -0.05) is 41.9 Å². The van der Waals surface area contributed by atoms with Crippen molar-refractivity contribution in [3.63, 3.8) is 0 Å². The van der Waals surface area contributed by atoms with Gasteiger partial charge in [-0.2, -0.15) is 0 Å². The average molecular weight is 256 g/mol. The molecule has 2 nitrogen and oxygen atoms in total. The molecule has 0 aliphatic rings. The van der Waals surface area contributed by atoms with Crippen LogP contribution in [0.4, 0.5) is 0 Å². The number of hydrogen-bond acceptors (Lipinski definition) is 2. The van der Waals surface area contributed by atoms with Gasteiger partial charge in [0.25, 0.3) is 0 Å². The van der Waals surface area contributed by atoms with Gasteiger partial charge in [-0.3, -0.25) is 4.98 Å². The minimum absolute atomic E-state index is 0.652. The number of pyridine rings is 1. The van der Waals surface area contributed by atoms with Gasteiger partial charge >= 0.3 is 0 Å². The largest absolute Gasteiger partial charge is 0.456 e. The minimum atomic E-state index is 0.652. The number of fused-ring (bicyclic) bond motifs is 1. The lowest BCUT2D eigenvalue weighted by Crippen LogP contribution is -1.86. The number of halogens is 1. The van der Waals surface area contributed by atoms with E-state index < -0.39 is 0 Å². The van der Waals surface area contributed by atoms with Crippen LogP contribution in [0.5, 0.6) is 11.5 Å². The average Bonchev–Trinajstić information content (AvgIpc) is 2.40. The number of ether oxygens (including phenoxy) is 1. The van der Waals surface area contributed by atoms with Crippen LogP contribution >= 0.6 is 11.6 Å². The van der Waals surface area contributed by atoms with E-state index in [1.165, 1.54) is 0 Å². The first-order valence-corrected chi connectivity index (χ1v) is 5.98. The maximum atomic E-state index is 6.07. The van der Waals surface area contributed by atoms with Crippen molar-refractivity contribution in [2.75, 3.05) is 0 Å². The molecular weight excluding hydrogens is 246 g/mol. The van der Waals surface area contributed by atoms with Gasteiger partial charge in [0, 0.05) is 5.39 Å². The zero-order chi connectivity index (χ0) is 12.4. The molecule has 18 heavy (non-hydrogen) atoms. The van der Waals surface area contributed by atoms with Crippen LogP contribution in [0, 0.1) is 0 Å². The van der Waals surface area contributed by atoms with Crippen LogP contribution in [0.15, 0.2) is 60.8 Å². The van der Waals surface area contributed by atoms with Crippen LogP contribution in [-0.4, -0.2) is 4.98 Å². The summed E-state index contributed by atoms with van der Waals surface area (Å²) in [5, 5.41) is 1.62. The predicted octanol–water partition coefficient (Wildman–Crippen LogP) is 4.68. The van der Waals surface area contributed by atoms with Crippen molar-refractivity contribution in [3.8, 4) is 11.5 Å². The highest BCUT2D eigenvalue weighted by atomic mass is 35.5. The van der Waals surface area contributed by atoms with Crippen LogP contribution in [0.25, 0.3) is 10.9 Å². The molecule has 0 radical (unpaired) electrons. The Bertz CT molecular complexity index is 682. The van der Waals surface area contributed by atoms with Gasteiger partial charge in [0.1, 0.15) is 11.5 Å². The molecule has 0 saturated carbocycles. The number of rotatable bonds is 2. The van der Waals surface area contributed by atoms with E-state index in [-0.39, 0.29) is 0 Å². The zero-order valence-electron chi connectivity index (χ0n) is 9.51. The lowest BCUT2D eigenvalue weighted by atomic mass is 10.2. The summed E-state index contributed by atoms with van der Waals surface area (Å²) in [7, 11) is 0. The van der Waals surface area contributed by atoms with Gasteiger partial charge in [0.15, 0.2) is 0 Å². The second-order valence-corrected chi connectivity index (χ2v) is 4.30. The maximum absolute atomic E-state index is 6.07. The van der Waals surface area contributed by atoms with E-state index in [1.807, 2.05) is 54.6 Å². The van der Waals surface area contributed by atoms with Gasteiger partial charge in [-0.25, -0.2) is 0 Å². The van der Waals surface area contributed by atoms with Crippen LogP contribution in [-0.2, 0) is 0 Å². The molecule has 1 aromatic heterocycles. The Morgan fingerprint density at radius 1 is 0.889 bits per heavy atom. The van der Waals surface area contributed by atoms with Crippen LogP contribution < -0.4 is 4.74 Å². The highest BCUT2D eigenvalue weighted by Crippen LogP contribution is 2.27. The Labute approximate surface area is 110 Å².